The van der Waals surface area contributed by atoms with Crippen molar-refractivity contribution in [1.29, 1.82) is 0 Å². The van der Waals surface area contributed by atoms with Crippen LogP contribution in [0.25, 0.3) is 6.08 Å². The second-order valence-electron chi connectivity index (χ2n) is 2.44. The Morgan fingerprint density at radius 3 is 2.92 bits per heavy atom. The van der Waals surface area contributed by atoms with E-state index in [1.54, 1.807) is 18.2 Å². The average Bonchev–Trinajstić information content (AvgIpc) is 2.07. The Morgan fingerprint density at radius 2 is 2.25 bits per heavy atom. The van der Waals surface area contributed by atoms with Crippen molar-refractivity contribution in [3.05, 3.63) is 29.6 Å². The minimum atomic E-state index is -0.0466. The maximum atomic E-state index is 9.27. The fourth-order valence-electron chi connectivity index (χ4n) is 0.856. The predicted octanol–water partition coefficient (Wildman–Crippen LogP) is 1.10. The fourth-order valence-corrected chi connectivity index (χ4v) is 0.856. The zero-order chi connectivity index (χ0) is 8.97. The van der Waals surface area contributed by atoms with Crippen molar-refractivity contribution in [2.45, 2.75) is 6.92 Å². The van der Waals surface area contributed by atoms with Gasteiger partial charge in [0.2, 0.25) is 0 Å². The SMILES string of the molecule is Cc1ccc(O)c(C=CCO)n1. The van der Waals surface area contributed by atoms with Crippen LogP contribution in [0.3, 0.4) is 0 Å². The molecule has 0 saturated heterocycles. The van der Waals surface area contributed by atoms with Crippen molar-refractivity contribution in [3.63, 3.8) is 0 Å². The van der Waals surface area contributed by atoms with Crippen molar-refractivity contribution in [3.8, 4) is 5.75 Å². The molecule has 0 saturated carbocycles. The van der Waals surface area contributed by atoms with Gasteiger partial charge in [-0.3, -0.25) is 0 Å². The van der Waals surface area contributed by atoms with Crippen LogP contribution in [-0.4, -0.2) is 21.8 Å². The minimum Gasteiger partial charge on any atom is -0.506 e. The normalized spacial score (nSPS) is 10.8. The van der Waals surface area contributed by atoms with Crippen LogP contribution in [0.4, 0.5) is 0 Å². The number of nitrogens with zero attached hydrogens (tertiary/aromatic N) is 1. The molecule has 0 aliphatic rings. The molecule has 1 heterocycles. The van der Waals surface area contributed by atoms with Gasteiger partial charge in [-0.15, -0.1) is 0 Å². The summed E-state index contributed by atoms with van der Waals surface area (Å²) >= 11 is 0. The first kappa shape index (κ1) is 8.74. The first-order chi connectivity index (χ1) is 5.74. The number of aliphatic hydroxyl groups is 1. The monoisotopic (exact) mass is 165 g/mol. The first-order valence-electron chi connectivity index (χ1n) is 3.68. The standard InChI is InChI=1S/C9H11NO2/c1-7-4-5-9(12)8(10-7)3-2-6-11/h2-5,11-12H,6H2,1H3. The molecular formula is C9H11NO2. The lowest BCUT2D eigenvalue weighted by atomic mass is 10.2. The summed E-state index contributed by atoms with van der Waals surface area (Å²) in [5, 5.41) is 17.8. The van der Waals surface area contributed by atoms with E-state index in [1.807, 2.05) is 6.92 Å². The molecule has 1 rings (SSSR count). The van der Waals surface area contributed by atoms with Crippen LogP contribution in [0.2, 0.25) is 0 Å². The predicted molar refractivity (Wildman–Crippen MR) is 46.8 cm³/mol. The number of aromatic nitrogens is 1. The molecule has 0 spiro atoms. The fraction of sp³-hybridized carbons (Fsp3) is 0.222. The number of rotatable bonds is 2. The summed E-state index contributed by atoms with van der Waals surface area (Å²) < 4.78 is 0. The van der Waals surface area contributed by atoms with Gasteiger partial charge in [-0.25, -0.2) is 4.98 Å². The van der Waals surface area contributed by atoms with Gasteiger partial charge in [0.1, 0.15) is 11.4 Å². The van der Waals surface area contributed by atoms with Gasteiger partial charge in [0, 0.05) is 5.69 Å². The lowest BCUT2D eigenvalue weighted by Gasteiger charge is -1.98. The Bertz CT molecular complexity index is 295. The molecule has 0 radical (unpaired) electrons. The van der Waals surface area contributed by atoms with E-state index in [-0.39, 0.29) is 12.4 Å². The van der Waals surface area contributed by atoms with E-state index in [0.29, 0.717) is 5.69 Å². The number of pyridine rings is 1. The molecule has 0 unspecified atom stereocenters. The smallest absolute Gasteiger partial charge is 0.141 e. The van der Waals surface area contributed by atoms with Gasteiger partial charge in [-0.2, -0.15) is 0 Å². The highest BCUT2D eigenvalue weighted by atomic mass is 16.3. The van der Waals surface area contributed by atoms with Crippen LogP contribution in [-0.2, 0) is 0 Å². The molecule has 3 heteroatoms. The minimum absolute atomic E-state index is 0.0466. The molecule has 0 aromatic carbocycles. The lowest BCUT2D eigenvalue weighted by Crippen LogP contribution is -1.85. The quantitative estimate of drug-likeness (QED) is 0.690. The van der Waals surface area contributed by atoms with E-state index < -0.39 is 0 Å². The molecule has 12 heavy (non-hydrogen) atoms. The Hall–Kier alpha value is -1.35. The van der Waals surface area contributed by atoms with Gasteiger partial charge < -0.3 is 10.2 Å². The maximum Gasteiger partial charge on any atom is 0.141 e. The molecule has 0 aliphatic heterocycles. The molecule has 3 nitrogen and oxygen atoms in total. The van der Waals surface area contributed by atoms with Crippen LogP contribution < -0.4 is 0 Å². The van der Waals surface area contributed by atoms with Crippen LogP contribution >= 0.6 is 0 Å². The van der Waals surface area contributed by atoms with E-state index >= 15 is 0 Å². The molecule has 0 aliphatic carbocycles. The maximum absolute atomic E-state index is 9.27. The van der Waals surface area contributed by atoms with E-state index in [1.165, 1.54) is 6.08 Å². The van der Waals surface area contributed by atoms with E-state index in [4.69, 9.17) is 5.11 Å². The van der Waals surface area contributed by atoms with Crippen LogP contribution in [0.15, 0.2) is 18.2 Å². The Kier molecular flexibility index (Phi) is 2.82. The average molecular weight is 165 g/mol. The third-order valence-corrected chi connectivity index (χ3v) is 1.42. The van der Waals surface area contributed by atoms with Crippen LogP contribution in [0.5, 0.6) is 5.75 Å². The van der Waals surface area contributed by atoms with Crippen LogP contribution in [0, 0.1) is 6.92 Å². The van der Waals surface area contributed by atoms with Gasteiger partial charge in [0.05, 0.1) is 6.61 Å². The number of aliphatic hydroxyl groups excluding tert-OH is 1. The van der Waals surface area contributed by atoms with E-state index in [0.717, 1.165) is 5.69 Å². The summed E-state index contributed by atoms with van der Waals surface area (Å²) in [4.78, 5) is 4.06. The van der Waals surface area contributed by atoms with Crippen molar-refractivity contribution < 1.29 is 10.2 Å². The number of aromatic hydroxyl groups is 1. The molecule has 1 aromatic heterocycles. The molecule has 0 amide bonds. The first-order valence-corrected chi connectivity index (χ1v) is 3.68. The van der Waals surface area contributed by atoms with Crippen molar-refractivity contribution in [2.75, 3.05) is 6.61 Å². The van der Waals surface area contributed by atoms with Gasteiger partial charge in [-0.1, -0.05) is 6.08 Å². The molecule has 0 fully saturated rings. The molecule has 0 atom stereocenters. The van der Waals surface area contributed by atoms with E-state index in [2.05, 4.69) is 4.98 Å². The summed E-state index contributed by atoms with van der Waals surface area (Å²) in [6.45, 7) is 1.80. The summed E-state index contributed by atoms with van der Waals surface area (Å²) in [6.07, 6.45) is 3.11. The lowest BCUT2D eigenvalue weighted by molar-refractivity contribution is 0.343. The van der Waals surface area contributed by atoms with Crippen LogP contribution in [0.1, 0.15) is 11.4 Å². The number of hydrogen-bond donors (Lipinski definition) is 2. The summed E-state index contributed by atoms with van der Waals surface area (Å²) in [7, 11) is 0. The topological polar surface area (TPSA) is 53.4 Å². The zero-order valence-corrected chi connectivity index (χ0v) is 6.86. The highest BCUT2D eigenvalue weighted by Gasteiger charge is 1.97. The second kappa shape index (κ2) is 3.88. The molecular weight excluding hydrogens is 154 g/mol. The highest BCUT2D eigenvalue weighted by molar-refractivity contribution is 5.52. The summed E-state index contributed by atoms with van der Waals surface area (Å²) in [5.41, 5.74) is 1.33. The van der Waals surface area contributed by atoms with Gasteiger partial charge >= 0.3 is 0 Å². The van der Waals surface area contributed by atoms with Crippen molar-refractivity contribution in [1.82, 2.24) is 4.98 Å². The van der Waals surface area contributed by atoms with Gasteiger partial charge in [0.25, 0.3) is 0 Å². The second-order valence-corrected chi connectivity index (χ2v) is 2.44. The summed E-state index contributed by atoms with van der Waals surface area (Å²) in [6, 6.07) is 3.31. The number of aryl methyl sites for hydroxylation is 1. The summed E-state index contributed by atoms with van der Waals surface area (Å²) in [5.74, 6) is 0.130. The van der Waals surface area contributed by atoms with E-state index in [9.17, 15) is 5.11 Å². The zero-order valence-electron chi connectivity index (χ0n) is 6.86. The van der Waals surface area contributed by atoms with Crippen molar-refractivity contribution >= 4 is 6.08 Å². The molecule has 0 bridgehead atoms. The van der Waals surface area contributed by atoms with Gasteiger partial charge in [-0.05, 0) is 25.1 Å². The van der Waals surface area contributed by atoms with Gasteiger partial charge in [0.15, 0.2) is 0 Å². The Labute approximate surface area is 71.0 Å². The Morgan fingerprint density at radius 1 is 1.50 bits per heavy atom. The van der Waals surface area contributed by atoms with Crippen molar-refractivity contribution in [2.24, 2.45) is 0 Å². The largest absolute Gasteiger partial charge is 0.506 e. The third-order valence-electron chi connectivity index (χ3n) is 1.42. The molecule has 1 aromatic rings. The molecule has 2 N–H and O–H groups in total. The third kappa shape index (κ3) is 2.07. The Balaban J connectivity index is 2.97. The molecule has 64 valence electrons. The number of hydrogen-bond acceptors (Lipinski definition) is 3. The highest BCUT2D eigenvalue weighted by Crippen LogP contribution is 2.15.